The summed E-state index contributed by atoms with van der Waals surface area (Å²) in [4.78, 5) is 23.8. The minimum atomic E-state index is -2.51. The minimum absolute atomic E-state index is 0.0679. The molecule has 0 aliphatic rings. The van der Waals surface area contributed by atoms with Crippen LogP contribution in [-0.4, -0.2) is 24.2 Å². The standard InChI is InChI=1S/C18H16F3NO3S/c19-13-4-1-12(2-5-13)3-10-17(24)25-11-16(23)22-14-6-8-15(9-7-14)26-18(20)21/h1-2,4-9,18H,3,10-11H2,(H,22,23). The average molecular weight is 383 g/mol. The highest BCUT2D eigenvalue weighted by Crippen LogP contribution is 2.26. The fraction of sp³-hybridized carbons (Fsp3) is 0.222. The van der Waals surface area contributed by atoms with Gasteiger partial charge in [-0.1, -0.05) is 23.9 Å². The van der Waals surface area contributed by atoms with Gasteiger partial charge in [0.2, 0.25) is 0 Å². The van der Waals surface area contributed by atoms with Crippen LogP contribution in [0, 0.1) is 5.82 Å². The molecule has 0 aromatic heterocycles. The van der Waals surface area contributed by atoms with E-state index in [0.29, 0.717) is 28.8 Å². The van der Waals surface area contributed by atoms with E-state index in [1.165, 1.54) is 36.4 Å². The lowest BCUT2D eigenvalue weighted by atomic mass is 10.1. The van der Waals surface area contributed by atoms with Gasteiger partial charge in [0.05, 0.1) is 0 Å². The van der Waals surface area contributed by atoms with Crippen LogP contribution in [0.5, 0.6) is 0 Å². The van der Waals surface area contributed by atoms with Crippen molar-refractivity contribution in [1.82, 2.24) is 0 Å². The van der Waals surface area contributed by atoms with Gasteiger partial charge in [0, 0.05) is 17.0 Å². The van der Waals surface area contributed by atoms with E-state index in [1.807, 2.05) is 0 Å². The first kappa shape index (κ1) is 19.8. The van der Waals surface area contributed by atoms with Crippen LogP contribution in [0.1, 0.15) is 12.0 Å². The molecule has 0 aliphatic carbocycles. The predicted molar refractivity (Wildman–Crippen MR) is 92.6 cm³/mol. The van der Waals surface area contributed by atoms with E-state index in [0.717, 1.165) is 5.56 Å². The van der Waals surface area contributed by atoms with Gasteiger partial charge in [0.25, 0.3) is 11.7 Å². The van der Waals surface area contributed by atoms with E-state index < -0.39 is 24.2 Å². The summed E-state index contributed by atoms with van der Waals surface area (Å²) in [5, 5.41) is 2.50. The maximum absolute atomic E-state index is 12.8. The molecule has 0 spiro atoms. The zero-order valence-corrected chi connectivity index (χ0v) is 14.4. The average Bonchev–Trinajstić information content (AvgIpc) is 2.61. The molecule has 4 nitrogen and oxygen atoms in total. The number of anilines is 1. The van der Waals surface area contributed by atoms with Gasteiger partial charge in [-0.15, -0.1) is 0 Å². The van der Waals surface area contributed by atoms with Crippen LogP contribution < -0.4 is 5.32 Å². The fourth-order valence-corrected chi connectivity index (χ4v) is 2.53. The first-order valence-corrected chi connectivity index (χ1v) is 8.55. The van der Waals surface area contributed by atoms with E-state index in [1.54, 1.807) is 12.1 Å². The van der Waals surface area contributed by atoms with Gasteiger partial charge >= 0.3 is 5.97 Å². The Labute approximate surface area is 152 Å². The second-order valence-corrected chi connectivity index (χ2v) is 6.30. The van der Waals surface area contributed by atoms with Gasteiger partial charge < -0.3 is 10.1 Å². The van der Waals surface area contributed by atoms with E-state index in [2.05, 4.69) is 5.32 Å². The number of alkyl halides is 2. The first-order valence-electron chi connectivity index (χ1n) is 7.67. The van der Waals surface area contributed by atoms with Crippen molar-refractivity contribution in [2.24, 2.45) is 0 Å². The van der Waals surface area contributed by atoms with Crippen molar-refractivity contribution < 1.29 is 27.5 Å². The smallest absolute Gasteiger partial charge is 0.306 e. The third-order valence-corrected chi connectivity index (χ3v) is 3.98. The number of amides is 1. The second kappa shape index (κ2) is 9.86. The summed E-state index contributed by atoms with van der Waals surface area (Å²) in [7, 11) is 0. The molecule has 1 amide bonds. The van der Waals surface area contributed by atoms with Gasteiger partial charge in [0.1, 0.15) is 5.82 Å². The Kier molecular flexibility index (Phi) is 7.53. The number of benzene rings is 2. The summed E-state index contributed by atoms with van der Waals surface area (Å²) in [6, 6.07) is 11.6. The van der Waals surface area contributed by atoms with Gasteiger partial charge in [-0.3, -0.25) is 9.59 Å². The molecule has 2 aromatic rings. The summed E-state index contributed by atoms with van der Waals surface area (Å²) in [5.41, 5.74) is 1.20. The quantitative estimate of drug-likeness (QED) is 0.547. The van der Waals surface area contributed by atoms with E-state index >= 15 is 0 Å². The number of thioether (sulfide) groups is 1. The largest absolute Gasteiger partial charge is 0.456 e. The number of nitrogens with one attached hydrogen (secondary N) is 1. The molecule has 0 bridgehead atoms. The Morgan fingerprint density at radius 3 is 2.31 bits per heavy atom. The number of halogens is 3. The number of carbonyl (C=O) groups is 2. The molecule has 0 saturated carbocycles. The summed E-state index contributed by atoms with van der Waals surface area (Å²) in [6.07, 6.45) is 0.447. The molecule has 0 aliphatic heterocycles. The summed E-state index contributed by atoms with van der Waals surface area (Å²) in [5.74, 6) is -3.94. The molecule has 1 N–H and O–H groups in total. The van der Waals surface area contributed by atoms with Crippen LogP contribution in [0.15, 0.2) is 53.4 Å². The van der Waals surface area contributed by atoms with Gasteiger partial charge in [-0.25, -0.2) is 4.39 Å². The maximum Gasteiger partial charge on any atom is 0.306 e. The Bertz CT molecular complexity index is 736. The Morgan fingerprint density at radius 1 is 1.04 bits per heavy atom. The summed E-state index contributed by atoms with van der Waals surface area (Å²) < 4.78 is 42.1. The fourth-order valence-electron chi connectivity index (χ4n) is 2.03. The Morgan fingerprint density at radius 2 is 1.69 bits per heavy atom. The molecule has 0 saturated heterocycles. The predicted octanol–water partition coefficient (Wildman–Crippen LogP) is 4.25. The monoisotopic (exact) mass is 383 g/mol. The summed E-state index contributed by atoms with van der Waals surface area (Å²) >= 11 is 0.408. The molecule has 138 valence electrons. The highest BCUT2D eigenvalue weighted by molar-refractivity contribution is 7.99. The van der Waals surface area contributed by atoms with Gasteiger partial charge in [0.15, 0.2) is 6.61 Å². The zero-order valence-electron chi connectivity index (χ0n) is 13.6. The highest BCUT2D eigenvalue weighted by Gasteiger charge is 2.09. The minimum Gasteiger partial charge on any atom is -0.456 e. The lowest BCUT2D eigenvalue weighted by Gasteiger charge is -2.07. The Hall–Kier alpha value is -2.48. The van der Waals surface area contributed by atoms with E-state index in [-0.39, 0.29) is 12.2 Å². The normalized spacial score (nSPS) is 10.6. The molecular weight excluding hydrogens is 367 g/mol. The SMILES string of the molecule is O=C(COC(=O)CCc1ccc(F)cc1)Nc1ccc(SC(F)F)cc1. The molecular formula is C18H16F3NO3S. The summed E-state index contributed by atoms with van der Waals surface area (Å²) in [6.45, 7) is -0.449. The number of ether oxygens (including phenoxy) is 1. The van der Waals surface area contributed by atoms with Crippen molar-refractivity contribution in [2.75, 3.05) is 11.9 Å². The second-order valence-electron chi connectivity index (χ2n) is 5.24. The molecule has 26 heavy (non-hydrogen) atoms. The van der Waals surface area contributed by atoms with Crippen LogP contribution in [-0.2, 0) is 20.7 Å². The van der Waals surface area contributed by atoms with Crippen molar-refractivity contribution >= 4 is 29.3 Å². The van der Waals surface area contributed by atoms with Crippen molar-refractivity contribution in [3.63, 3.8) is 0 Å². The molecule has 8 heteroatoms. The number of carbonyl (C=O) groups excluding carboxylic acids is 2. The van der Waals surface area contributed by atoms with E-state index in [4.69, 9.17) is 4.74 Å². The number of esters is 1. The molecule has 0 radical (unpaired) electrons. The van der Waals surface area contributed by atoms with E-state index in [9.17, 15) is 22.8 Å². The number of rotatable bonds is 8. The molecule has 0 atom stereocenters. The number of hydrogen-bond acceptors (Lipinski definition) is 4. The van der Waals surface area contributed by atoms with Crippen LogP contribution in [0.2, 0.25) is 0 Å². The van der Waals surface area contributed by atoms with Crippen molar-refractivity contribution in [3.8, 4) is 0 Å². The zero-order chi connectivity index (χ0) is 18.9. The van der Waals surface area contributed by atoms with Crippen LogP contribution in [0.25, 0.3) is 0 Å². The third kappa shape index (κ3) is 7.18. The first-order chi connectivity index (χ1) is 12.4. The topological polar surface area (TPSA) is 55.4 Å². The molecule has 2 aromatic carbocycles. The van der Waals surface area contributed by atoms with Crippen LogP contribution >= 0.6 is 11.8 Å². The molecule has 2 rings (SSSR count). The third-order valence-electron chi connectivity index (χ3n) is 3.26. The highest BCUT2D eigenvalue weighted by atomic mass is 32.2. The lowest BCUT2D eigenvalue weighted by Crippen LogP contribution is -2.21. The van der Waals surface area contributed by atoms with Gasteiger partial charge in [-0.05, 0) is 48.4 Å². The molecule has 0 unspecified atom stereocenters. The molecule has 0 fully saturated rings. The van der Waals surface area contributed by atoms with Crippen molar-refractivity contribution in [3.05, 3.63) is 59.9 Å². The Balaban J connectivity index is 1.70. The van der Waals surface area contributed by atoms with Crippen molar-refractivity contribution in [1.29, 1.82) is 0 Å². The van der Waals surface area contributed by atoms with Crippen LogP contribution in [0.4, 0.5) is 18.9 Å². The molecule has 0 heterocycles. The number of hydrogen-bond donors (Lipinski definition) is 1. The lowest BCUT2D eigenvalue weighted by molar-refractivity contribution is -0.147. The maximum atomic E-state index is 12.8. The van der Waals surface area contributed by atoms with Crippen LogP contribution in [0.3, 0.4) is 0 Å². The number of aryl methyl sites for hydroxylation is 1. The van der Waals surface area contributed by atoms with Crippen molar-refractivity contribution in [2.45, 2.75) is 23.5 Å². The van der Waals surface area contributed by atoms with Gasteiger partial charge in [-0.2, -0.15) is 8.78 Å².